The Morgan fingerprint density at radius 3 is 2.26 bits per heavy atom. The molecule has 0 N–H and O–H groups in total. The molecule has 3 aromatic carbocycles. The predicted octanol–water partition coefficient (Wildman–Crippen LogP) is 8.26. The van der Waals surface area contributed by atoms with E-state index in [-0.39, 0.29) is 59.8 Å². The van der Waals surface area contributed by atoms with E-state index in [9.17, 15) is 35.9 Å². The SMILES string of the molecule is COCCCN(C)C(=O)CO[C@H]1Cc2ccccc2C12CCN(CC[C@]1(c3ccc(Cl)c(Cl)c3)CN(C(=O)c3cc(C(F)(F)F)cc(C(F)(F)F)c3)CCO1)CC2. The van der Waals surface area contributed by atoms with Crippen molar-refractivity contribution in [3.8, 4) is 0 Å². The van der Waals surface area contributed by atoms with Crippen LogP contribution in [-0.4, -0.2) is 106 Å². The molecule has 3 aliphatic rings. The zero-order valence-electron chi connectivity index (χ0n) is 31.7. The van der Waals surface area contributed by atoms with Crippen LogP contribution in [0.4, 0.5) is 26.3 Å². The Balaban J connectivity index is 1.20. The highest BCUT2D eigenvalue weighted by Gasteiger charge is 2.50. The number of morpholine rings is 1. The number of likely N-dealkylation sites (N-methyl/N-ethyl adjacent to an activating group) is 1. The number of nitrogens with zero attached hydrogens (tertiary/aromatic N) is 3. The van der Waals surface area contributed by atoms with Gasteiger partial charge >= 0.3 is 12.4 Å². The average molecular weight is 845 g/mol. The first kappa shape index (κ1) is 43.2. The fourth-order valence-electron chi connectivity index (χ4n) is 8.40. The second kappa shape index (κ2) is 17.4. The van der Waals surface area contributed by atoms with Crippen molar-refractivity contribution in [2.24, 2.45) is 0 Å². The lowest BCUT2D eigenvalue weighted by Gasteiger charge is -2.46. The number of carbonyl (C=O) groups excluding carboxylic acids is 2. The fraction of sp³-hybridized carbons (Fsp3) is 0.512. The second-order valence-electron chi connectivity index (χ2n) is 15.1. The van der Waals surface area contributed by atoms with Crippen molar-refractivity contribution >= 4 is 35.0 Å². The fourth-order valence-corrected chi connectivity index (χ4v) is 8.70. The molecule has 2 amide bonds. The molecule has 8 nitrogen and oxygen atoms in total. The average Bonchev–Trinajstić information content (AvgIpc) is 3.48. The van der Waals surface area contributed by atoms with Crippen molar-refractivity contribution in [1.82, 2.24) is 14.7 Å². The highest BCUT2D eigenvalue weighted by Crippen LogP contribution is 2.48. The first-order valence-electron chi connectivity index (χ1n) is 18.8. The number of rotatable bonds is 12. The van der Waals surface area contributed by atoms with Crippen molar-refractivity contribution < 1.29 is 50.1 Å². The first-order valence-corrected chi connectivity index (χ1v) is 19.5. The van der Waals surface area contributed by atoms with Gasteiger partial charge in [0.15, 0.2) is 0 Å². The molecule has 1 aliphatic carbocycles. The molecule has 2 saturated heterocycles. The van der Waals surface area contributed by atoms with Gasteiger partial charge < -0.3 is 28.9 Å². The smallest absolute Gasteiger partial charge is 0.385 e. The molecule has 2 atom stereocenters. The topological polar surface area (TPSA) is 71.5 Å². The molecular formula is C41H45Cl2F6N3O5. The van der Waals surface area contributed by atoms with Gasteiger partial charge in [0.05, 0.1) is 40.4 Å². The Morgan fingerprint density at radius 2 is 1.61 bits per heavy atom. The van der Waals surface area contributed by atoms with Crippen LogP contribution in [0.5, 0.6) is 0 Å². The lowest BCUT2D eigenvalue weighted by molar-refractivity contribution is -0.143. The molecule has 0 aromatic heterocycles. The Morgan fingerprint density at radius 1 is 0.930 bits per heavy atom. The van der Waals surface area contributed by atoms with Crippen molar-refractivity contribution in [3.63, 3.8) is 0 Å². The Kier molecular flexibility index (Phi) is 13.2. The van der Waals surface area contributed by atoms with Crippen molar-refractivity contribution in [2.45, 2.75) is 61.6 Å². The number of amides is 2. The molecule has 6 rings (SSSR count). The van der Waals surface area contributed by atoms with Gasteiger partial charge in [0.2, 0.25) is 5.91 Å². The van der Waals surface area contributed by atoms with E-state index in [1.807, 2.05) is 12.1 Å². The lowest BCUT2D eigenvalue weighted by Crippen LogP contribution is -2.54. The third-order valence-corrected chi connectivity index (χ3v) is 12.3. The number of hydrogen-bond donors (Lipinski definition) is 0. The number of carbonyl (C=O) groups is 2. The molecule has 0 bridgehead atoms. The number of benzene rings is 3. The summed E-state index contributed by atoms with van der Waals surface area (Å²) in [5.41, 5.74) is -2.41. The van der Waals surface area contributed by atoms with Crippen LogP contribution in [0.15, 0.2) is 60.7 Å². The third-order valence-electron chi connectivity index (χ3n) is 11.6. The first-order chi connectivity index (χ1) is 27.0. The molecule has 3 aromatic rings. The van der Waals surface area contributed by atoms with Gasteiger partial charge in [-0.05, 0) is 92.2 Å². The molecule has 0 unspecified atom stereocenters. The number of ether oxygens (including phenoxy) is 3. The summed E-state index contributed by atoms with van der Waals surface area (Å²) in [7, 11) is 3.37. The molecule has 57 heavy (non-hydrogen) atoms. The summed E-state index contributed by atoms with van der Waals surface area (Å²) in [6.45, 7) is 2.66. The monoisotopic (exact) mass is 843 g/mol. The normalized spacial score (nSPS) is 21.2. The van der Waals surface area contributed by atoms with Crippen molar-refractivity contribution in [3.05, 3.63) is 104 Å². The molecule has 16 heteroatoms. The van der Waals surface area contributed by atoms with Gasteiger partial charge in [-0.15, -0.1) is 0 Å². The van der Waals surface area contributed by atoms with E-state index < -0.39 is 40.6 Å². The molecular weight excluding hydrogens is 799 g/mol. The zero-order valence-corrected chi connectivity index (χ0v) is 33.2. The van der Waals surface area contributed by atoms with Crippen LogP contribution in [0.3, 0.4) is 0 Å². The van der Waals surface area contributed by atoms with Gasteiger partial charge in [0.1, 0.15) is 12.2 Å². The summed E-state index contributed by atoms with van der Waals surface area (Å²) in [6.07, 6.45) is -7.21. The molecule has 0 saturated carbocycles. The molecule has 2 heterocycles. The summed E-state index contributed by atoms with van der Waals surface area (Å²) in [5, 5.41) is 0.496. The van der Waals surface area contributed by atoms with Crippen molar-refractivity contribution in [2.75, 3.05) is 73.2 Å². The number of fused-ring (bicyclic) bond motifs is 2. The minimum Gasteiger partial charge on any atom is -0.385 e. The number of likely N-dealkylation sites (tertiary alicyclic amines) is 1. The van der Waals surface area contributed by atoms with Crippen LogP contribution in [0.2, 0.25) is 10.0 Å². The summed E-state index contributed by atoms with van der Waals surface area (Å²) >= 11 is 12.7. The summed E-state index contributed by atoms with van der Waals surface area (Å²) in [6, 6.07) is 14.1. The van der Waals surface area contributed by atoms with Crippen LogP contribution in [0.25, 0.3) is 0 Å². The van der Waals surface area contributed by atoms with Crippen molar-refractivity contribution in [1.29, 1.82) is 0 Å². The number of halogens is 8. The largest absolute Gasteiger partial charge is 0.416 e. The Hall–Kier alpha value is -3.40. The maximum atomic E-state index is 13.8. The van der Waals surface area contributed by atoms with Gasteiger partial charge in [-0.2, -0.15) is 26.3 Å². The van der Waals surface area contributed by atoms with Crippen LogP contribution in [-0.2, 0) is 48.8 Å². The summed E-state index contributed by atoms with van der Waals surface area (Å²) in [5.74, 6) is -1.08. The molecule has 2 aliphatic heterocycles. The van der Waals surface area contributed by atoms with E-state index in [1.54, 1.807) is 37.3 Å². The minimum absolute atomic E-state index is 0.00126. The number of methoxy groups -OCH3 is 1. The van der Waals surface area contributed by atoms with Gasteiger partial charge in [0.25, 0.3) is 5.91 Å². The molecule has 1 spiro atoms. The van der Waals surface area contributed by atoms with Crippen LogP contribution in [0.1, 0.15) is 63.9 Å². The van der Waals surface area contributed by atoms with Gasteiger partial charge in [-0.1, -0.05) is 53.5 Å². The third kappa shape index (κ3) is 9.57. The van der Waals surface area contributed by atoms with E-state index in [1.165, 1.54) is 16.0 Å². The van der Waals surface area contributed by atoms with Crippen LogP contribution >= 0.6 is 23.2 Å². The van der Waals surface area contributed by atoms with E-state index in [0.717, 1.165) is 19.3 Å². The van der Waals surface area contributed by atoms with E-state index in [0.29, 0.717) is 63.3 Å². The number of hydrogen-bond acceptors (Lipinski definition) is 6. The van der Waals surface area contributed by atoms with Gasteiger partial charge in [-0.3, -0.25) is 9.59 Å². The van der Waals surface area contributed by atoms with Crippen LogP contribution in [0, 0.1) is 0 Å². The zero-order chi connectivity index (χ0) is 41.2. The number of alkyl halides is 6. The highest BCUT2D eigenvalue weighted by molar-refractivity contribution is 6.42. The Labute approximate surface area is 337 Å². The number of piperidine rings is 1. The summed E-state index contributed by atoms with van der Waals surface area (Å²) < 4.78 is 100. The molecule has 2 fully saturated rings. The van der Waals surface area contributed by atoms with E-state index >= 15 is 0 Å². The van der Waals surface area contributed by atoms with Gasteiger partial charge in [0, 0.05) is 51.4 Å². The van der Waals surface area contributed by atoms with E-state index in [4.69, 9.17) is 37.4 Å². The maximum Gasteiger partial charge on any atom is 0.416 e. The minimum atomic E-state index is -5.11. The maximum absolute atomic E-state index is 13.8. The highest BCUT2D eigenvalue weighted by atomic mass is 35.5. The van der Waals surface area contributed by atoms with Gasteiger partial charge in [-0.25, -0.2) is 0 Å². The van der Waals surface area contributed by atoms with E-state index in [2.05, 4.69) is 17.0 Å². The summed E-state index contributed by atoms with van der Waals surface area (Å²) in [4.78, 5) is 31.9. The molecule has 0 radical (unpaired) electrons. The predicted molar refractivity (Wildman–Crippen MR) is 202 cm³/mol. The Bertz CT molecular complexity index is 1890. The second-order valence-corrected chi connectivity index (χ2v) is 15.9. The standard InChI is InChI=1S/C41H45Cl2F6N3O5/c1-50(13-5-18-55-2)36(53)25-56-35-22-27-6-3-4-7-32(27)38(35)10-14-51(15-11-38)16-12-39(29-8-9-33(42)34(43)24-29)26-52(17-19-57-39)37(54)28-20-30(40(44,45)46)23-31(21-28)41(47,48)49/h3-4,6-9,20-21,23-24,35H,5,10-19,22,25-26H2,1-2H3/t35-,39+/m0/s1. The quantitative estimate of drug-likeness (QED) is 0.135. The lowest BCUT2D eigenvalue weighted by atomic mass is 9.72. The van der Waals surface area contributed by atoms with Crippen LogP contribution < -0.4 is 0 Å². The molecule has 310 valence electrons.